The summed E-state index contributed by atoms with van der Waals surface area (Å²) in [6.45, 7) is 4.34. The minimum atomic E-state index is 1.20. The van der Waals surface area contributed by atoms with Gasteiger partial charge in [-0.15, -0.1) is 0 Å². The van der Waals surface area contributed by atoms with Crippen molar-refractivity contribution in [2.75, 3.05) is 0 Å². The van der Waals surface area contributed by atoms with Gasteiger partial charge in [0.25, 0.3) is 0 Å². The number of benzene rings is 4. The first kappa shape index (κ1) is 17.2. The van der Waals surface area contributed by atoms with Crippen molar-refractivity contribution in [1.29, 1.82) is 0 Å². The zero-order valence-electron chi connectivity index (χ0n) is 16.0. The molecule has 136 valence electrons. The molecule has 0 unspecified atom stereocenters. The first-order valence-corrected chi connectivity index (χ1v) is 10.4. The van der Waals surface area contributed by atoms with Gasteiger partial charge in [0, 0.05) is 26.3 Å². The van der Waals surface area contributed by atoms with Gasteiger partial charge in [-0.1, -0.05) is 71.9 Å². The monoisotopic (exact) mass is 379 g/mol. The van der Waals surface area contributed by atoms with Gasteiger partial charge in [0.2, 0.25) is 0 Å². The summed E-state index contributed by atoms with van der Waals surface area (Å²) >= 11 is 1.86. The maximum absolute atomic E-state index is 2.39. The third-order valence-electron chi connectivity index (χ3n) is 5.24. The quantitative estimate of drug-likeness (QED) is 0.313. The van der Waals surface area contributed by atoms with Crippen LogP contribution in [0.4, 0.5) is 0 Å². The van der Waals surface area contributed by atoms with E-state index >= 15 is 0 Å². The molecule has 0 bridgehead atoms. The molecular formula is C26H21NS. The summed E-state index contributed by atoms with van der Waals surface area (Å²) in [7, 11) is 0. The topological polar surface area (TPSA) is 4.93 Å². The molecule has 2 heteroatoms. The number of nitrogens with zero attached hydrogens (tertiary/aromatic N) is 1. The highest BCUT2D eigenvalue weighted by molar-refractivity contribution is 7.99. The Labute approximate surface area is 169 Å². The van der Waals surface area contributed by atoms with Crippen LogP contribution in [-0.4, -0.2) is 4.57 Å². The summed E-state index contributed by atoms with van der Waals surface area (Å²) in [5.74, 6) is 0. The molecular weight excluding hydrogens is 358 g/mol. The molecule has 0 atom stereocenters. The van der Waals surface area contributed by atoms with Crippen LogP contribution in [0.5, 0.6) is 0 Å². The molecule has 4 aromatic carbocycles. The number of aromatic nitrogens is 1. The maximum atomic E-state index is 2.39. The van der Waals surface area contributed by atoms with E-state index in [4.69, 9.17) is 0 Å². The fraction of sp³-hybridized carbons (Fsp3) is 0.0769. The van der Waals surface area contributed by atoms with Crippen molar-refractivity contribution in [3.05, 3.63) is 102 Å². The highest BCUT2D eigenvalue weighted by atomic mass is 32.2. The number of aryl methyl sites for hydroxylation is 2. The van der Waals surface area contributed by atoms with Crippen molar-refractivity contribution in [3.8, 4) is 5.69 Å². The van der Waals surface area contributed by atoms with Gasteiger partial charge in [0.1, 0.15) is 0 Å². The Hall–Kier alpha value is -2.97. The average Bonchev–Trinajstić information content (AvgIpc) is 3.06. The second-order valence-corrected chi connectivity index (χ2v) is 8.29. The second-order valence-electron chi connectivity index (χ2n) is 7.21. The standard InChI is InChI=1S/C26H21NS/c1-18-12-15-20(16-13-18)27-23-11-7-6-10-22(23)25-24(27)17-14-19(2)26(25)28-21-8-4-3-5-9-21/h3-17H,1-2H3. The second kappa shape index (κ2) is 6.88. The summed E-state index contributed by atoms with van der Waals surface area (Å²) < 4.78 is 2.39. The van der Waals surface area contributed by atoms with Crippen molar-refractivity contribution >= 4 is 33.6 Å². The van der Waals surface area contributed by atoms with Gasteiger partial charge >= 0.3 is 0 Å². The Kier molecular flexibility index (Phi) is 4.22. The Morgan fingerprint density at radius 2 is 1.36 bits per heavy atom. The fourth-order valence-electron chi connectivity index (χ4n) is 3.84. The minimum absolute atomic E-state index is 1.20. The van der Waals surface area contributed by atoms with Crippen molar-refractivity contribution < 1.29 is 0 Å². The molecule has 5 rings (SSSR count). The number of para-hydroxylation sites is 1. The van der Waals surface area contributed by atoms with Crippen LogP contribution in [0.1, 0.15) is 11.1 Å². The highest BCUT2D eigenvalue weighted by Gasteiger charge is 2.17. The first-order chi connectivity index (χ1) is 13.7. The smallest absolute Gasteiger partial charge is 0.0552 e. The van der Waals surface area contributed by atoms with E-state index in [1.807, 2.05) is 11.8 Å². The number of fused-ring (bicyclic) bond motifs is 3. The normalized spacial score (nSPS) is 11.4. The van der Waals surface area contributed by atoms with E-state index < -0.39 is 0 Å². The lowest BCUT2D eigenvalue weighted by Gasteiger charge is -2.11. The third kappa shape index (κ3) is 2.81. The molecule has 0 saturated heterocycles. The molecule has 0 aliphatic rings. The molecule has 0 fully saturated rings. The van der Waals surface area contributed by atoms with E-state index in [0.29, 0.717) is 0 Å². The zero-order valence-corrected chi connectivity index (χ0v) is 16.8. The zero-order chi connectivity index (χ0) is 19.1. The Balaban J connectivity index is 1.84. The summed E-state index contributed by atoms with van der Waals surface area (Å²) in [6, 6.07) is 32.7. The predicted molar refractivity (Wildman–Crippen MR) is 121 cm³/mol. The van der Waals surface area contributed by atoms with Crippen molar-refractivity contribution in [2.24, 2.45) is 0 Å². The first-order valence-electron chi connectivity index (χ1n) is 9.55. The summed E-state index contributed by atoms with van der Waals surface area (Å²) in [6.07, 6.45) is 0. The summed E-state index contributed by atoms with van der Waals surface area (Å²) in [5, 5.41) is 2.64. The van der Waals surface area contributed by atoms with Crippen LogP contribution >= 0.6 is 11.8 Å². The van der Waals surface area contributed by atoms with Crippen molar-refractivity contribution in [3.63, 3.8) is 0 Å². The van der Waals surface area contributed by atoms with E-state index in [1.54, 1.807) is 0 Å². The number of rotatable bonds is 3. The summed E-state index contributed by atoms with van der Waals surface area (Å²) in [4.78, 5) is 2.61. The molecule has 0 radical (unpaired) electrons. The van der Waals surface area contributed by atoms with Crippen LogP contribution in [0.2, 0.25) is 0 Å². The molecule has 28 heavy (non-hydrogen) atoms. The largest absolute Gasteiger partial charge is 0.309 e. The van der Waals surface area contributed by atoms with Crippen molar-refractivity contribution in [2.45, 2.75) is 23.6 Å². The number of hydrogen-bond donors (Lipinski definition) is 0. The molecule has 0 N–H and O–H groups in total. The van der Waals surface area contributed by atoms with Crippen LogP contribution in [0.15, 0.2) is 101 Å². The lowest BCUT2D eigenvalue weighted by Crippen LogP contribution is -1.94. The Morgan fingerprint density at radius 1 is 0.643 bits per heavy atom. The Morgan fingerprint density at radius 3 is 2.14 bits per heavy atom. The molecule has 0 aliphatic carbocycles. The van der Waals surface area contributed by atoms with Gasteiger partial charge < -0.3 is 4.57 Å². The van der Waals surface area contributed by atoms with Crippen LogP contribution in [0, 0.1) is 13.8 Å². The maximum Gasteiger partial charge on any atom is 0.0552 e. The molecule has 0 amide bonds. The van der Waals surface area contributed by atoms with Crippen LogP contribution < -0.4 is 0 Å². The van der Waals surface area contributed by atoms with Crippen LogP contribution in [0.25, 0.3) is 27.5 Å². The van der Waals surface area contributed by atoms with Gasteiger partial charge in [0.05, 0.1) is 11.0 Å². The molecule has 5 aromatic rings. The van der Waals surface area contributed by atoms with E-state index in [9.17, 15) is 0 Å². The third-order valence-corrected chi connectivity index (χ3v) is 6.48. The van der Waals surface area contributed by atoms with Crippen LogP contribution in [0.3, 0.4) is 0 Å². The fourth-order valence-corrected chi connectivity index (χ4v) is 4.92. The van der Waals surface area contributed by atoms with Crippen LogP contribution in [-0.2, 0) is 0 Å². The van der Waals surface area contributed by atoms with E-state index in [2.05, 4.69) is 109 Å². The van der Waals surface area contributed by atoms with E-state index in [0.717, 1.165) is 0 Å². The van der Waals surface area contributed by atoms with Gasteiger partial charge in [0.15, 0.2) is 0 Å². The molecule has 0 spiro atoms. The minimum Gasteiger partial charge on any atom is -0.309 e. The van der Waals surface area contributed by atoms with Gasteiger partial charge in [-0.2, -0.15) is 0 Å². The van der Waals surface area contributed by atoms with Gasteiger partial charge in [-0.3, -0.25) is 0 Å². The predicted octanol–water partition coefficient (Wildman–Crippen LogP) is 7.55. The highest BCUT2D eigenvalue weighted by Crippen LogP contribution is 2.42. The van der Waals surface area contributed by atoms with Gasteiger partial charge in [-0.25, -0.2) is 0 Å². The van der Waals surface area contributed by atoms with Gasteiger partial charge in [-0.05, 0) is 55.8 Å². The lowest BCUT2D eigenvalue weighted by molar-refractivity contribution is 1.17. The SMILES string of the molecule is Cc1ccc(-n2c3ccccc3c3c(Sc4ccccc4)c(C)ccc32)cc1. The summed E-state index contributed by atoms with van der Waals surface area (Å²) in [5.41, 5.74) is 6.31. The molecule has 1 heterocycles. The molecule has 1 nitrogen and oxygen atoms in total. The number of hydrogen-bond acceptors (Lipinski definition) is 1. The molecule has 0 saturated carbocycles. The van der Waals surface area contributed by atoms with E-state index in [1.165, 1.54) is 48.4 Å². The molecule has 0 aliphatic heterocycles. The Bertz CT molecular complexity index is 1280. The molecule has 1 aromatic heterocycles. The van der Waals surface area contributed by atoms with Crippen molar-refractivity contribution in [1.82, 2.24) is 4.57 Å². The lowest BCUT2D eigenvalue weighted by atomic mass is 10.1. The average molecular weight is 380 g/mol. The van der Waals surface area contributed by atoms with E-state index in [-0.39, 0.29) is 0 Å².